The van der Waals surface area contributed by atoms with E-state index in [1.807, 2.05) is 39.8 Å². The fourth-order valence-electron chi connectivity index (χ4n) is 2.54. The van der Waals surface area contributed by atoms with Gasteiger partial charge in [-0.2, -0.15) is 0 Å². The van der Waals surface area contributed by atoms with Gasteiger partial charge in [-0.15, -0.1) is 0 Å². The van der Waals surface area contributed by atoms with Crippen molar-refractivity contribution in [3.8, 4) is 0 Å². The molecule has 2 rings (SSSR count). The zero-order valence-corrected chi connectivity index (χ0v) is 16.6. The van der Waals surface area contributed by atoms with Crippen molar-refractivity contribution >= 4 is 16.0 Å². The van der Waals surface area contributed by atoms with Crippen LogP contribution in [0.2, 0.25) is 0 Å². The molecule has 1 aromatic rings. The minimum atomic E-state index is -3.59. The summed E-state index contributed by atoms with van der Waals surface area (Å²) in [6.45, 7) is 10.8. The number of benzene rings is 1. The zero-order valence-electron chi connectivity index (χ0n) is 15.8. The Hall–Kier alpha value is -1.60. The van der Waals surface area contributed by atoms with Crippen molar-refractivity contribution in [3.05, 3.63) is 29.8 Å². The molecule has 3 N–H and O–H groups in total. The molecule has 1 aliphatic rings. The summed E-state index contributed by atoms with van der Waals surface area (Å²) in [5.74, 6) is 1.39. The standard InChI is InChI=1S/C18H30N4O2S/c1-6-19-17(21-15-11-13(15)2)20-12-14-9-7-8-10-16(14)25(23,24)22-18(3,4)5/h7-10,13,15,22H,6,11-12H2,1-5H3,(H2,19,20,21). The van der Waals surface area contributed by atoms with Crippen LogP contribution in [-0.2, 0) is 16.6 Å². The van der Waals surface area contributed by atoms with Crippen LogP contribution in [0, 0.1) is 5.92 Å². The molecule has 0 spiro atoms. The van der Waals surface area contributed by atoms with Gasteiger partial charge in [0.05, 0.1) is 11.4 Å². The Kier molecular flexibility index (Phi) is 6.11. The molecular formula is C18H30N4O2S. The van der Waals surface area contributed by atoms with Gasteiger partial charge >= 0.3 is 0 Å². The average Bonchev–Trinajstić information content (AvgIpc) is 3.18. The molecule has 0 saturated heterocycles. The van der Waals surface area contributed by atoms with Gasteiger partial charge < -0.3 is 10.6 Å². The van der Waals surface area contributed by atoms with Crippen LogP contribution in [0.3, 0.4) is 0 Å². The SMILES string of the molecule is CCNC(=NCc1ccccc1S(=O)(=O)NC(C)(C)C)NC1CC1C. The smallest absolute Gasteiger partial charge is 0.241 e. The lowest BCUT2D eigenvalue weighted by Gasteiger charge is -2.21. The second-order valence-electron chi connectivity index (χ2n) is 7.62. The number of rotatable bonds is 6. The van der Waals surface area contributed by atoms with E-state index in [1.54, 1.807) is 12.1 Å². The Bertz CT molecular complexity index is 723. The van der Waals surface area contributed by atoms with E-state index in [-0.39, 0.29) is 4.90 Å². The van der Waals surface area contributed by atoms with Gasteiger partial charge in [0, 0.05) is 18.1 Å². The van der Waals surface area contributed by atoms with Gasteiger partial charge in [-0.05, 0) is 51.7 Å². The number of hydrogen-bond donors (Lipinski definition) is 3. The normalized spacial score (nSPS) is 21.1. The molecule has 6 nitrogen and oxygen atoms in total. The molecule has 1 aromatic carbocycles. The highest BCUT2D eigenvalue weighted by Gasteiger charge is 2.33. The molecule has 2 atom stereocenters. The monoisotopic (exact) mass is 366 g/mol. The van der Waals surface area contributed by atoms with Crippen LogP contribution in [0.25, 0.3) is 0 Å². The van der Waals surface area contributed by atoms with Gasteiger partial charge in [-0.1, -0.05) is 25.1 Å². The van der Waals surface area contributed by atoms with Crippen LogP contribution in [0.4, 0.5) is 0 Å². The molecule has 0 radical (unpaired) electrons. The molecule has 2 unspecified atom stereocenters. The molecule has 1 fully saturated rings. The van der Waals surface area contributed by atoms with Crippen molar-refractivity contribution in [2.45, 2.75) is 64.1 Å². The van der Waals surface area contributed by atoms with Gasteiger partial charge in [-0.25, -0.2) is 18.1 Å². The molecule has 1 saturated carbocycles. The number of nitrogens with one attached hydrogen (secondary N) is 3. The topological polar surface area (TPSA) is 82.6 Å². The van der Waals surface area contributed by atoms with E-state index in [2.05, 4.69) is 27.3 Å². The maximum atomic E-state index is 12.7. The first-order valence-electron chi connectivity index (χ1n) is 8.79. The quantitative estimate of drug-likeness (QED) is 0.533. The summed E-state index contributed by atoms with van der Waals surface area (Å²) >= 11 is 0. The van der Waals surface area contributed by atoms with Crippen molar-refractivity contribution in [2.24, 2.45) is 10.9 Å². The second kappa shape index (κ2) is 7.74. The average molecular weight is 367 g/mol. The fraction of sp³-hybridized carbons (Fsp3) is 0.611. The predicted molar refractivity (Wildman–Crippen MR) is 102 cm³/mol. The molecule has 0 heterocycles. The van der Waals surface area contributed by atoms with Crippen molar-refractivity contribution in [2.75, 3.05) is 6.54 Å². The van der Waals surface area contributed by atoms with Gasteiger partial charge in [0.15, 0.2) is 5.96 Å². The third-order valence-electron chi connectivity index (χ3n) is 3.89. The third-order valence-corrected chi connectivity index (χ3v) is 5.74. The second-order valence-corrected chi connectivity index (χ2v) is 9.27. The fourth-order valence-corrected chi connectivity index (χ4v) is 4.19. The van der Waals surface area contributed by atoms with Crippen molar-refractivity contribution < 1.29 is 8.42 Å². The Morgan fingerprint density at radius 3 is 2.48 bits per heavy atom. The number of nitrogens with zero attached hydrogens (tertiary/aromatic N) is 1. The highest BCUT2D eigenvalue weighted by Crippen LogP contribution is 2.28. The summed E-state index contributed by atoms with van der Waals surface area (Å²) in [6, 6.07) is 7.47. The van der Waals surface area contributed by atoms with Gasteiger partial charge in [0.2, 0.25) is 10.0 Å². The highest BCUT2D eigenvalue weighted by atomic mass is 32.2. The first-order chi connectivity index (χ1) is 11.6. The highest BCUT2D eigenvalue weighted by molar-refractivity contribution is 7.89. The molecule has 140 valence electrons. The molecule has 7 heteroatoms. The van der Waals surface area contributed by atoms with Crippen LogP contribution in [0.5, 0.6) is 0 Å². The number of guanidine groups is 1. The largest absolute Gasteiger partial charge is 0.357 e. The molecule has 1 aliphatic carbocycles. The predicted octanol–water partition coefficient (Wildman–Crippen LogP) is 2.23. The Morgan fingerprint density at radius 2 is 1.92 bits per heavy atom. The number of hydrogen-bond acceptors (Lipinski definition) is 3. The summed E-state index contributed by atoms with van der Waals surface area (Å²) in [4.78, 5) is 4.85. The number of sulfonamides is 1. The lowest BCUT2D eigenvalue weighted by atomic mass is 10.1. The van der Waals surface area contributed by atoms with E-state index in [0.29, 0.717) is 24.1 Å². The molecule has 0 amide bonds. The van der Waals surface area contributed by atoms with Crippen LogP contribution in [-0.4, -0.2) is 32.5 Å². The summed E-state index contributed by atoms with van der Waals surface area (Å²) in [5, 5.41) is 6.60. The van der Waals surface area contributed by atoms with E-state index in [0.717, 1.165) is 18.9 Å². The Morgan fingerprint density at radius 1 is 1.28 bits per heavy atom. The molecule has 0 bridgehead atoms. The minimum absolute atomic E-state index is 0.282. The summed E-state index contributed by atoms with van der Waals surface area (Å²) in [7, 11) is -3.59. The number of aliphatic imine (C=N–C) groups is 1. The Balaban J connectivity index is 2.20. The molecular weight excluding hydrogens is 336 g/mol. The molecule has 25 heavy (non-hydrogen) atoms. The van der Waals surface area contributed by atoms with Crippen LogP contribution in [0.15, 0.2) is 34.2 Å². The van der Waals surface area contributed by atoms with Crippen molar-refractivity contribution in [1.29, 1.82) is 0 Å². The van der Waals surface area contributed by atoms with Crippen LogP contribution >= 0.6 is 0 Å². The van der Waals surface area contributed by atoms with Crippen LogP contribution < -0.4 is 15.4 Å². The van der Waals surface area contributed by atoms with Gasteiger partial charge in [0.25, 0.3) is 0 Å². The van der Waals surface area contributed by atoms with Gasteiger partial charge in [-0.3, -0.25) is 0 Å². The first-order valence-corrected chi connectivity index (χ1v) is 10.3. The molecule has 0 aliphatic heterocycles. The summed E-state index contributed by atoms with van der Waals surface area (Å²) in [6.07, 6.45) is 1.14. The van der Waals surface area contributed by atoms with Crippen molar-refractivity contribution in [1.82, 2.24) is 15.4 Å². The van der Waals surface area contributed by atoms with Gasteiger partial charge in [0.1, 0.15) is 0 Å². The lowest BCUT2D eigenvalue weighted by Crippen LogP contribution is -2.41. The van der Waals surface area contributed by atoms with E-state index in [4.69, 9.17) is 0 Å². The minimum Gasteiger partial charge on any atom is -0.357 e. The first kappa shape index (κ1) is 19.7. The van der Waals surface area contributed by atoms with E-state index in [9.17, 15) is 8.42 Å². The van der Waals surface area contributed by atoms with E-state index in [1.165, 1.54) is 0 Å². The molecule has 0 aromatic heterocycles. The lowest BCUT2D eigenvalue weighted by molar-refractivity contribution is 0.491. The summed E-state index contributed by atoms with van der Waals surface area (Å²) in [5.41, 5.74) is 0.147. The van der Waals surface area contributed by atoms with E-state index >= 15 is 0 Å². The zero-order chi connectivity index (χ0) is 18.7. The maximum Gasteiger partial charge on any atom is 0.241 e. The third kappa shape index (κ3) is 6.01. The Labute approximate surface area is 151 Å². The van der Waals surface area contributed by atoms with E-state index < -0.39 is 15.6 Å². The summed E-state index contributed by atoms with van der Waals surface area (Å²) < 4.78 is 28.1. The maximum absolute atomic E-state index is 12.7. The van der Waals surface area contributed by atoms with Crippen molar-refractivity contribution in [3.63, 3.8) is 0 Å². The van der Waals surface area contributed by atoms with Crippen LogP contribution in [0.1, 0.15) is 46.6 Å².